The van der Waals surface area contributed by atoms with Gasteiger partial charge in [-0.05, 0) is 37.5 Å². The molecule has 0 amide bonds. The van der Waals surface area contributed by atoms with Crippen molar-refractivity contribution >= 4 is 5.71 Å². The zero-order valence-electron chi connectivity index (χ0n) is 13.2. The SMILES string of the molecule is Cc1cc(C)c(C2=NOCC2C(O)c2ccccc2)c(C)c1. The Morgan fingerprint density at radius 1 is 1.09 bits per heavy atom. The highest BCUT2D eigenvalue weighted by Crippen LogP contribution is 2.32. The van der Waals surface area contributed by atoms with Gasteiger partial charge in [0, 0.05) is 5.56 Å². The van der Waals surface area contributed by atoms with Crippen LogP contribution in [-0.4, -0.2) is 17.4 Å². The van der Waals surface area contributed by atoms with Crippen molar-refractivity contribution in [3.8, 4) is 0 Å². The largest absolute Gasteiger partial charge is 0.395 e. The first-order chi connectivity index (χ1) is 10.6. The number of oxime groups is 1. The van der Waals surface area contributed by atoms with Crippen LogP contribution in [0.4, 0.5) is 0 Å². The first kappa shape index (κ1) is 14.8. The lowest BCUT2D eigenvalue weighted by molar-refractivity contribution is 0.0839. The van der Waals surface area contributed by atoms with Crippen molar-refractivity contribution in [2.24, 2.45) is 11.1 Å². The molecule has 2 unspecified atom stereocenters. The van der Waals surface area contributed by atoms with E-state index in [2.05, 4.69) is 38.1 Å². The summed E-state index contributed by atoms with van der Waals surface area (Å²) in [5.41, 5.74) is 6.43. The van der Waals surface area contributed by atoms with Crippen molar-refractivity contribution in [1.29, 1.82) is 0 Å². The molecule has 0 aromatic heterocycles. The maximum absolute atomic E-state index is 10.7. The van der Waals surface area contributed by atoms with Crippen molar-refractivity contribution in [2.45, 2.75) is 26.9 Å². The van der Waals surface area contributed by atoms with Gasteiger partial charge in [-0.2, -0.15) is 0 Å². The molecule has 2 atom stereocenters. The molecule has 1 heterocycles. The van der Waals surface area contributed by atoms with Gasteiger partial charge in [0.05, 0.1) is 17.7 Å². The fourth-order valence-electron chi connectivity index (χ4n) is 3.27. The standard InChI is InChI=1S/C19H21NO2/c1-12-9-13(2)17(14(3)10-12)18-16(11-22-20-18)19(21)15-7-5-4-6-8-15/h4-10,16,19,21H,11H2,1-3H3. The summed E-state index contributed by atoms with van der Waals surface area (Å²) in [5, 5.41) is 15.0. The molecule has 0 bridgehead atoms. The average Bonchev–Trinajstić information content (AvgIpc) is 2.95. The molecule has 2 aromatic rings. The molecule has 0 radical (unpaired) electrons. The lowest BCUT2D eigenvalue weighted by Gasteiger charge is -2.20. The Kier molecular flexibility index (Phi) is 3.99. The minimum atomic E-state index is -0.609. The van der Waals surface area contributed by atoms with Crippen LogP contribution in [0.1, 0.15) is 33.9 Å². The molecule has 0 spiro atoms. The molecular weight excluding hydrogens is 274 g/mol. The number of nitrogens with zero attached hydrogens (tertiary/aromatic N) is 1. The van der Waals surface area contributed by atoms with Gasteiger partial charge in [-0.1, -0.05) is 53.2 Å². The number of aliphatic hydroxyl groups is 1. The van der Waals surface area contributed by atoms with Crippen LogP contribution in [0.25, 0.3) is 0 Å². The summed E-state index contributed by atoms with van der Waals surface area (Å²) in [6.07, 6.45) is -0.609. The molecule has 1 aliphatic rings. The van der Waals surface area contributed by atoms with Gasteiger partial charge in [0.2, 0.25) is 0 Å². The minimum absolute atomic E-state index is 0.137. The molecule has 2 aromatic carbocycles. The van der Waals surface area contributed by atoms with Crippen LogP contribution >= 0.6 is 0 Å². The van der Waals surface area contributed by atoms with Crippen molar-refractivity contribution in [3.63, 3.8) is 0 Å². The third-order valence-corrected chi connectivity index (χ3v) is 4.22. The highest BCUT2D eigenvalue weighted by Gasteiger charge is 2.33. The van der Waals surface area contributed by atoms with Crippen molar-refractivity contribution in [3.05, 3.63) is 70.3 Å². The molecule has 22 heavy (non-hydrogen) atoms. The van der Waals surface area contributed by atoms with Gasteiger partial charge in [-0.15, -0.1) is 0 Å². The highest BCUT2D eigenvalue weighted by atomic mass is 16.6. The van der Waals surface area contributed by atoms with Crippen LogP contribution in [0, 0.1) is 26.7 Å². The van der Waals surface area contributed by atoms with Crippen LogP contribution in [0.5, 0.6) is 0 Å². The third kappa shape index (κ3) is 2.64. The first-order valence-electron chi connectivity index (χ1n) is 7.59. The molecule has 0 saturated heterocycles. The van der Waals surface area contributed by atoms with Crippen LogP contribution in [-0.2, 0) is 4.84 Å². The van der Waals surface area contributed by atoms with E-state index in [9.17, 15) is 5.11 Å². The van der Waals surface area contributed by atoms with Crippen molar-refractivity contribution in [1.82, 2.24) is 0 Å². The zero-order chi connectivity index (χ0) is 15.7. The van der Waals surface area contributed by atoms with E-state index < -0.39 is 6.10 Å². The van der Waals surface area contributed by atoms with E-state index in [4.69, 9.17) is 4.84 Å². The number of benzene rings is 2. The van der Waals surface area contributed by atoms with Gasteiger partial charge in [-0.3, -0.25) is 0 Å². The molecule has 1 aliphatic heterocycles. The van der Waals surface area contributed by atoms with E-state index in [0.29, 0.717) is 6.61 Å². The summed E-state index contributed by atoms with van der Waals surface area (Å²) in [5.74, 6) is -0.137. The number of rotatable bonds is 3. The predicted octanol–water partition coefficient (Wildman–Crippen LogP) is 3.70. The van der Waals surface area contributed by atoms with Gasteiger partial charge in [0.15, 0.2) is 0 Å². The molecule has 3 nitrogen and oxygen atoms in total. The second-order valence-electron chi connectivity index (χ2n) is 6.01. The molecule has 0 fully saturated rings. The van der Waals surface area contributed by atoms with Gasteiger partial charge in [0.25, 0.3) is 0 Å². The monoisotopic (exact) mass is 295 g/mol. The Hall–Kier alpha value is -2.13. The number of aryl methyl sites for hydroxylation is 3. The van der Waals surface area contributed by atoms with E-state index in [-0.39, 0.29) is 5.92 Å². The summed E-state index contributed by atoms with van der Waals surface area (Å²) >= 11 is 0. The average molecular weight is 295 g/mol. The minimum Gasteiger partial charge on any atom is -0.395 e. The highest BCUT2D eigenvalue weighted by molar-refractivity contribution is 6.05. The van der Waals surface area contributed by atoms with E-state index in [1.165, 1.54) is 16.7 Å². The van der Waals surface area contributed by atoms with Gasteiger partial charge in [0.1, 0.15) is 6.61 Å². The van der Waals surface area contributed by atoms with Crippen molar-refractivity contribution in [2.75, 3.05) is 6.61 Å². The summed E-state index contributed by atoms with van der Waals surface area (Å²) in [7, 11) is 0. The second kappa shape index (κ2) is 5.93. The van der Waals surface area contributed by atoms with Crippen molar-refractivity contribution < 1.29 is 9.94 Å². The molecule has 114 valence electrons. The lowest BCUT2D eigenvalue weighted by atomic mass is 9.85. The Labute approximate surface area is 131 Å². The fraction of sp³-hybridized carbons (Fsp3) is 0.316. The van der Waals surface area contributed by atoms with Crippen LogP contribution in [0.2, 0.25) is 0 Å². The summed E-state index contributed by atoms with van der Waals surface area (Å²) in [4.78, 5) is 5.33. The molecule has 0 saturated carbocycles. The molecule has 3 rings (SSSR count). The van der Waals surface area contributed by atoms with Crippen LogP contribution < -0.4 is 0 Å². The van der Waals surface area contributed by atoms with Gasteiger partial charge >= 0.3 is 0 Å². The maximum Gasteiger partial charge on any atom is 0.128 e. The number of aliphatic hydroxyl groups excluding tert-OH is 1. The van der Waals surface area contributed by atoms with Gasteiger partial charge < -0.3 is 9.94 Å². The van der Waals surface area contributed by atoms with Crippen LogP contribution in [0.3, 0.4) is 0 Å². The normalized spacial score (nSPS) is 18.7. The topological polar surface area (TPSA) is 41.8 Å². The maximum atomic E-state index is 10.7. The molecule has 0 aliphatic carbocycles. The summed E-state index contributed by atoms with van der Waals surface area (Å²) in [6.45, 7) is 6.68. The number of hydrogen-bond acceptors (Lipinski definition) is 3. The third-order valence-electron chi connectivity index (χ3n) is 4.22. The molecule has 3 heteroatoms. The Morgan fingerprint density at radius 2 is 1.73 bits per heavy atom. The van der Waals surface area contributed by atoms with E-state index in [0.717, 1.165) is 16.8 Å². The zero-order valence-corrected chi connectivity index (χ0v) is 13.2. The van der Waals surface area contributed by atoms with E-state index in [1.54, 1.807) is 0 Å². The summed E-state index contributed by atoms with van der Waals surface area (Å²) in [6, 6.07) is 14.0. The molecular formula is C19H21NO2. The summed E-state index contributed by atoms with van der Waals surface area (Å²) < 4.78 is 0. The smallest absolute Gasteiger partial charge is 0.128 e. The first-order valence-corrected chi connectivity index (χ1v) is 7.59. The second-order valence-corrected chi connectivity index (χ2v) is 6.01. The molecule has 1 N–H and O–H groups in total. The Balaban J connectivity index is 1.98. The fourth-order valence-corrected chi connectivity index (χ4v) is 3.27. The van der Waals surface area contributed by atoms with E-state index >= 15 is 0 Å². The number of hydrogen-bond donors (Lipinski definition) is 1. The lowest BCUT2D eigenvalue weighted by Crippen LogP contribution is -2.24. The predicted molar refractivity (Wildman–Crippen MR) is 88.0 cm³/mol. The van der Waals surface area contributed by atoms with Crippen LogP contribution in [0.15, 0.2) is 47.6 Å². The van der Waals surface area contributed by atoms with Gasteiger partial charge in [-0.25, -0.2) is 0 Å². The Bertz CT molecular complexity index is 684. The quantitative estimate of drug-likeness (QED) is 0.938. The van der Waals surface area contributed by atoms with E-state index in [1.807, 2.05) is 30.3 Å². The Morgan fingerprint density at radius 3 is 2.36 bits per heavy atom.